The molecular formula is C27H28F3NO. The molecule has 1 aliphatic heterocycles. The zero-order chi connectivity index (χ0) is 23.0. The van der Waals surface area contributed by atoms with Gasteiger partial charge in [-0.15, -0.1) is 0 Å². The Labute approximate surface area is 187 Å². The van der Waals surface area contributed by atoms with Crippen LogP contribution in [0.4, 0.5) is 18.9 Å². The molecule has 1 aliphatic rings. The van der Waals surface area contributed by atoms with Gasteiger partial charge in [0.1, 0.15) is 5.75 Å². The molecule has 0 radical (unpaired) electrons. The van der Waals surface area contributed by atoms with Crippen molar-refractivity contribution in [1.29, 1.82) is 0 Å². The van der Waals surface area contributed by atoms with Crippen molar-refractivity contribution in [3.8, 4) is 28.0 Å². The molecule has 5 heteroatoms. The Morgan fingerprint density at radius 2 is 1.66 bits per heavy atom. The van der Waals surface area contributed by atoms with Gasteiger partial charge in [-0.1, -0.05) is 42.8 Å². The van der Waals surface area contributed by atoms with Crippen LogP contribution in [0.3, 0.4) is 0 Å². The molecule has 0 amide bonds. The van der Waals surface area contributed by atoms with Gasteiger partial charge in [0, 0.05) is 24.3 Å². The van der Waals surface area contributed by atoms with Crippen molar-refractivity contribution in [2.75, 3.05) is 18.6 Å². The van der Waals surface area contributed by atoms with Crippen LogP contribution in [-0.4, -0.2) is 19.8 Å². The first kappa shape index (κ1) is 22.3. The first-order valence-electron chi connectivity index (χ1n) is 10.9. The van der Waals surface area contributed by atoms with Crippen molar-refractivity contribution in [2.45, 2.75) is 46.3 Å². The molecule has 4 rings (SSSR count). The number of halogens is 3. The van der Waals surface area contributed by atoms with E-state index in [9.17, 15) is 13.2 Å². The fourth-order valence-electron chi connectivity index (χ4n) is 4.73. The van der Waals surface area contributed by atoms with Gasteiger partial charge in [-0.3, -0.25) is 0 Å². The standard InChI is InChI=1S/C27H28F3NO/c1-5-22-18(3)26-25(15-24(22)19-8-6-17(2)7-9-19)23-11-10-21(32-4)14-20(23)16-31(26)13-12-27(28,29)30/h6-11,14-15H,5,12-13,16H2,1-4H3. The van der Waals surface area contributed by atoms with Crippen LogP contribution < -0.4 is 9.64 Å². The molecule has 3 aromatic carbocycles. The summed E-state index contributed by atoms with van der Waals surface area (Å²) in [5.41, 5.74) is 9.65. The summed E-state index contributed by atoms with van der Waals surface area (Å²) in [4.78, 5) is 1.89. The molecule has 0 saturated carbocycles. The molecule has 0 fully saturated rings. The molecule has 32 heavy (non-hydrogen) atoms. The average molecular weight is 440 g/mol. The van der Waals surface area contributed by atoms with E-state index in [2.05, 4.69) is 44.2 Å². The SMILES string of the molecule is CCc1c(-c2ccc(C)cc2)cc2c(c1C)N(CCC(F)(F)F)Cc1cc(OC)ccc1-2. The van der Waals surface area contributed by atoms with Gasteiger partial charge >= 0.3 is 6.18 Å². The van der Waals surface area contributed by atoms with Crippen molar-refractivity contribution in [3.63, 3.8) is 0 Å². The number of rotatable bonds is 5. The number of hydrogen-bond acceptors (Lipinski definition) is 2. The Hall–Kier alpha value is -2.95. The van der Waals surface area contributed by atoms with E-state index in [0.29, 0.717) is 12.3 Å². The lowest BCUT2D eigenvalue weighted by atomic mass is 9.84. The monoisotopic (exact) mass is 439 g/mol. The summed E-state index contributed by atoms with van der Waals surface area (Å²) in [7, 11) is 1.60. The number of ether oxygens (including phenoxy) is 1. The van der Waals surface area contributed by atoms with Crippen molar-refractivity contribution >= 4 is 5.69 Å². The first-order valence-corrected chi connectivity index (χ1v) is 10.9. The number of alkyl halides is 3. The molecule has 0 bridgehead atoms. The van der Waals surface area contributed by atoms with Gasteiger partial charge in [0.15, 0.2) is 0 Å². The lowest BCUT2D eigenvalue weighted by Crippen LogP contribution is -2.31. The Morgan fingerprint density at radius 1 is 0.938 bits per heavy atom. The third-order valence-electron chi connectivity index (χ3n) is 6.34. The minimum Gasteiger partial charge on any atom is -0.497 e. The van der Waals surface area contributed by atoms with Crippen LogP contribution in [0.1, 0.15) is 35.6 Å². The zero-order valence-electron chi connectivity index (χ0n) is 18.9. The molecule has 0 spiro atoms. The normalized spacial score (nSPS) is 13.0. The molecule has 0 unspecified atom stereocenters. The maximum Gasteiger partial charge on any atom is 0.390 e. The molecule has 168 valence electrons. The summed E-state index contributed by atoms with van der Waals surface area (Å²) in [6.07, 6.45) is -4.23. The van der Waals surface area contributed by atoms with E-state index >= 15 is 0 Å². The number of anilines is 1. The van der Waals surface area contributed by atoms with Crippen LogP contribution >= 0.6 is 0 Å². The second kappa shape index (κ2) is 8.53. The van der Waals surface area contributed by atoms with Crippen molar-refractivity contribution in [3.05, 3.63) is 70.8 Å². The molecule has 0 saturated heterocycles. The lowest BCUT2D eigenvalue weighted by Gasteiger charge is -2.36. The molecule has 2 nitrogen and oxygen atoms in total. The molecule has 0 atom stereocenters. The van der Waals surface area contributed by atoms with Gasteiger partial charge in [0.2, 0.25) is 0 Å². The number of hydrogen-bond donors (Lipinski definition) is 0. The third kappa shape index (κ3) is 4.21. The number of fused-ring (bicyclic) bond motifs is 3. The molecule has 3 aromatic rings. The summed E-state index contributed by atoms with van der Waals surface area (Å²) in [5.74, 6) is 0.712. The van der Waals surface area contributed by atoms with Crippen molar-refractivity contribution in [1.82, 2.24) is 0 Å². The second-order valence-corrected chi connectivity index (χ2v) is 8.45. The van der Waals surface area contributed by atoms with E-state index in [1.165, 1.54) is 11.1 Å². The van der Waals surface area contributed by atoms with Gasteiger partial charge in [-0.05, 0) is 71.8 Å². The van der Waals surface area contributed by atoms with E-state index < -0.39 is 12.6 Å². The van der Waals surface area contributed by atoms with Crippen LogP contribution in [0.2, 0.25) is 0 Å². The van der Waals surface area contributed by atoms with Crippen LogP contribution in [-0.2, 0) is 13.0 Å². The molecular weight excluding hydrogens is 411 g/mol. The summed E-state index contributed by atoms with van der Waals surface area (Å²) in [6, 6.07) is 16.5. The van der Waals surface area contributed by atoms with E-state index in [0.717, 1.165) is 45.5 Å². The highest BCUT2D eigenvalue weighted by Gasteiger charge is 2.32. The number of benzene rings is 3. The summed E-state index contributed by atoms with van der Waals surface area (Å²) in [5, 5.41) is 0. The third-order valence-corrected chi connectivity index (χ3v) is 6.34. The summed E-state index contributed by atoms with van der Waals surface area (Å²) >= 11 is 0. The first-order chi connectivity index (χ1) is 15.2. The van der Waals surface area contributed by atoms with E-state index in [1.807, 2.05) is 30.0 Å². The lowest BCUT2D eigenvalue weighted by molar-refractivity contribution is -0.132. The highest BCUT2D eigenvalue weighted by molar-refractivity contribution is 5.91. The van der Waals surface area contributed by atoms with E-state index in [-0.39, 0.29) is 6.54 Å². The zero-order valence-corrected chi connectivity index (χ0v) is 18.9. The van der Waals surface area contributed by atoms with Crippen LogP contribution in [0.25, 0.3) is 22.3 Å². The topological polar surface area (TPSA) is 12.5 Å². The number of aryl methyl sites for hydroxylation is 1. The molecule has 0 aromatic heterocycles. The average Bonchev–Trinajstić information content (AvgIpc) is 2.76. The van der Waals surface area contributed by atoms with E-state index in [4.69, 9.17) is 4.74 Å². The Morgan fingerprint density at radius 3 is 2.28 bits per heavy atom. The summed E-state index contributed by atoms with van der Waals surface area (Å²) < 4.78 is 44.7. The Bertz CT molecular complexity index is 1130. The van der Waals surface area contributed by atoms with Gasteiger partial charge in [0.05, 0.1) is 13.5 Å². The predicted octanol–water partition coefficient (Wildman–Crippen LogP) is 7.48. The Balaban J connectivity index is 1.93. The van der Waals surface area contributed by atoms with Gasteiger partial charge in [-0.2, -0.15) is 13.2 Å². The quantitative estimate of drug-likeness (QED) is 0.409. The molecule has 1 heterocycles. The number of nitrogens with zero attached hydrogens (tertiary/aromatic N) is 1. The smallest absolute Gasteiger partial charge is 0.390 e. The minimum atomic E-state index is -4.20. The molecule has 0 N–H and O–H groups in total. The van der Waals surface area contributed by atoms with Gasteiger partial charge < -0.3 is 9.64 Å². The van der Waals surface area contributed by atoms with Crippen LogP contribution in [0, 0.1) is 13.8 Å². The predicted molar refractivity (Wildman–Crippen MR) is 124 cm³/mol. The van der Waals surface area contributed by atoms with Crippen LogP contribution in [0.15, 0.2) is 48.5 Å². The fourth-order valence-corrected chi connectivity index (χ4v) is 4.73. The highest BCUT2D eigenvalue weighted by Crippen LogP contribution is 2.46. The largest absolute Gasteiger partial charge is 0.497 e. The van der Waals surface area contributed by atoms with Crippen molar-refractivity contribution in [2.24, 2.45) is 0 Å². The molecule has 0 aliphatic carbocycles. The van der Waals surface area contributed by atoms with Gasteiger partial charge in [0.25, 0.3) is 0 Å². The highest BCUT2D eigenvalue weighted by atomic mass is 19.4. The fraction of sp³-hybridized carbons (Fsp3) is 0.333. The maximum absolute atomic E-state index is 13.1. The summed E-state index contributed by atoms with van der Waals surface area (Å²) in [6.45, 7) is 6.58. The van der Waals surface area contributed by atoms with Gasteiger partial charge in [-0.25, -0.2) is 0 Å². The minimum absolute atomic E-state index is 0.0684. The Kier molecular flexibility index (Phi) is 5.93. The van der Waals surface area contributed by atoms with Crippen molar-refractivity contribution < 1.29 is 17.9 Å². The second-order valence-electron chi connectivity index (χ2n) is 8.45. The van der Waals surface area contributed by atoms with E-state index in [1.54, 1.807) is 7.11 Å². The maximum atomic E-state index is 13.1. The van der Waals surface area contributed by atoms with Crippen LogP contribution in [0.5, 0.6) is 5.75 Å². The number of methoxy groups -OCH3 is 1.